The maximum Gasteiger partial charge on any atom is 0.235 e. The first kappa shape index (κ1) is 37.9. The van der Waals surface area contributed by atoms with Crippen LogP contribution in [0.3, 0.4) is 0 Å². The van der Waals surface area contributed by atoms with Crippen molar-refractivity contribution in [3.05, 3.63) is 237 Å². The molecule has 69 heavy (non-hydrogen) atoms. The highest BCUT2D eigenvalue weighted by Gasteiger charge is 2.23. The molecule has 4 aromatic heterocycles. The Kier molecular flexibility index (Phi) is 8.00. The summed E-state index contributed by atoms with van der Waals surface area (Å²) >= 11 is 0. The molecule has 0 bridgehead atoms. The Balaban J connectivity index is 0.981. The van der Waals surface area contributed by atoms with Crippen LogP contribution in [0.1, 0.15) is 0 Å². The van der Waals surface area contributed by atoms with E-state index < -0.39 is 0 Å². The molecule has 11 aromatic carbocycles. The Labute approximate surface area is 396 Å². The maximum absolute atomic E-state index is 5.50. The molecular weight excluding hydrogens is 839 g/mol. The number of hydrogen-bond acceptors (Lipinski definition) is 2. The Hall–Kier alpha value is -9.32. The van der Waals surface area contributed by atoms with Crippen LogP contribution in [0.15, 0.2) is 237 Å². The first-order valence-electron chi connectivity index (χ1n) is 23.6. The van der Waals surface area contributed by atoms with Gasteiger partial charge in [0.05, 0.1) is 50.2 Å². The largest absolute Gasteiger partial charge is 0.309 e. The average molecular weight is 878 g/mol. The number of fused-ring (bicyclic) bond motifs is 13. The van der Waals surface area contributed by atoms with E-state index in [0.29, 0.717) is 5.95 Å². The lowest BCUT2D eigenvalue weighted by Crippen LogP contribution is -2.04. The highest BCUT2D eigenvalue weighted by atomic mass is 15.2. The van der Waals surface area contributed by atoms with Gasteiger partial charge in [-0.15, -0.1) is 0 Å². The third kappa shape index (κ3) is 5.53. The van der Waals surface area contributed by atoms with E-state index in [2.05, 4.69) is 250 Å². The van der Waals surface area contributed by atoms with Gasteiger partial charge in [-0.3, -0.25) is 4.57 Å². The smallest absolute Gasteiger partial charge is 0.235 e. The van der Waals surface area contributed by atoms with Crippen molar-refractivity contribution in [2.24, 2.45) is 0 Å². The summed E-state index contributed by atoms with van der Waals surface area (Å²) in [4.78, 5) is 11.0. The van der Waals surface area contributed by atoms with Gasteiger partial charge in [0.25, 0.3) is 0 Å². The van der Waals surface area contributed by atoms with Crippen LogP contribution in [0.4, 0.5) is 0 Å². The summed E-state index contributed by atoms with van der Waals surface area (Å²) in [5.41, 5.74) is 13.0. The van der Waals surface area contributed by atoms with Gasteiger partial charge in [-0.2, -0.15) is 0 Å². The van der Waals surface area contributed by atoms with Crippen LogP contribution in [0.2, 0.25) is 0 Å². The zero-order valence-electron chi connectivity index (χ0n) is 37.3. The summed E-state index contributed by atoms with van der Waals surface area (Å²) in [6.45, 7) is 0. The molecule has 320 valence electrons. The van der Waals surface area contributed by atoms with Gasteiger partial charge in [-0.25, -0.2) is 9.97 Å². The van der Waals surface area contributed by atoms with E-state index in [0.717, 1.165) is 66.3 Å². The molecule has 0 spiro atoms. The van der Waals surface area contributed by atoms with Crippen LogP contribution < -0.4 is 0 Å². The number of aromatic nitrogens is 5. The van der Waals surface area contributed by atoms with Crippen molar-refractivity contribution in [3.8, 4) is 39.8 Å². The third-order valence-corrected chi connectivity index (χ3v) is 14.4. The van der Waals surface area contributed by atoms with Gasteiger partial charge in [0.15, 0.2) is 0 Å². The molecule has 5 nitrogen and oxygen atoms in total. The van der Waals surface area contributed by atoms with Crippen molar-refractivity contribution < 1.29 is 0 Å². The zero-order chi connectivity index (χ0) is 45.2. The van der Waals surface area contributed by atoms with Gasteiger partial charge >= 0.3 is 0 Å². The molecule has 4 heterocycles. The monoisotopic (exact) mass is 877 g/mol. The molecule has 0 N–H and O–H groups in total. The van der Waals surface area contributed by atoms with Crippen LogP contribution in [0.5, 0.6) is 0 Å². The maximum atomic E-state index is 5.50. The second kappa shape index (κ2) is 14.6. The Morgan fingerprint density at radius 1 is 0.261 bits per heavy atom. The van der Waals surface area contributed by atoms with E-state index in [-0.39, 0.29) is 0 Å². The van der Waals surface area contributed by atoms with E-state index in [1.807, 2.05) is 0 Å². The second-order valence-electron chi connectivity index (χ2n) is 18.1. The number of benzene rings is 11. The molecule has 0 aliphatic rings. The molecule has 0 atom stereocenters. The van der Waals surface area contributed by atoms with Gasteiger partial charge in [0, 0.05) is 54.5 Å². The molecule has 0 unspecified atom stereocenters. The van der Waals surface area contributed by atoms with Gasteiger partial charge in [0.2, 0.25) is 5.95 Å². The van der Waals surface area contributed by atoms with E-state index in [1.54, 1.807) is 0 Å². The molecule has 0 amide bonds. The van der Waals surface area contributed by atoms with E-state index in [9.17, 15) is 0 Å². The quantitative estimate of drug-likeness (QED) is 0.173. The fourth-order valence-electron chi connectivity index (χ4n) is 11.5. The fraction of sp³-hybridized carbons (Fsp3) is 0. The number of nitrogens with zero attached hydrogens (tertiary/aromatic N) is 5. The van der Waals surface area contributed by atoms with Crippen molar-refractivity contribution >= 4 is 97.7 Å². The number of hydrogen-bond donors (Lipinski definition) is 0. The minimum absolute atomic E-state index is 0.629. The SMILES string of the molecule is c1ccc2c(-c3cc(-c4cccc5ccccc45)nc(-n4c5ccccc5c5cc(-n6c7ccccc7c7c8c9ccccc9n(-c9cccc%10ccccc9%10)c8ccc76)ccc54)n3)cccc2c1. The lowest BCUT2D eigenvalue weighted by atomic mass is 9.99. The van der Waals surface area contributed by atoms with Crippen LogP contribution in [0.25, 0.3) is 138 Å². The highest BCUT2D eigenvalue weighted by molar-refractivity contribution is 6.29. The van der Waals surface area contributed by atoms with Gasteiger partial charge in [0.1, 0.15) is 0 Å². The summed E-state index contributed by atoms with van der Waals surface area (Å²) in [7, 11) is 0. The molecule has 0 aliphatic carbocycles. The first-order valence-corrected chi connectivity index (χ1v) is 23.6. The molecule has 0 saturated carbocycles. The van der Waals surface area contributed by atoms with E-state index >= 15 is 0 Å². The Morgan fingerprint density at radius 2 is 0.681 bits per heavy atom. The predicted octanol–water partition coefficient (Wildman–Crippen LogP) is 16.6. The molecule has 5 heteroatoms. The summed E-state index contributed by atoms with van der Waals surface area (Å²) in [6, 6.07) is 85.5. The lowest BCUT2D eigenvalue weighted by molar-refractivity contribution is 0.996. The van der Waals surface area contributed by atoms with E-state index in [4.69, 9.17) is 9.97 Å². The Bertz CT molecular complexity index is 4510. The number of rotatable bonds is 5. The van der Waals surface area contributed by atoms with E-state index in [1.165, 1.54) is 65.3 Å². The average Bonchev–Trinajstić information content (AvgIpc) is 4.05. The molecular formula is C64H39N5. The normalized spacial score (nSPS) is 12.1. The standard InChI is InChI=1S/C64H39N5/c1-4-22-44-40(16-1)19-13-28-47(44)53-39-54(48-29-14-20-41-17-2-5-23-45(41)48)66-64(65-53)69-56-30-10-7-25-49(56)52-38-43(34-35-59(52)69)67-57-31-11-8-26-50(57)62-60(67)36-37-61-63(62)51-27-9-12-32-58(51)68(61)55-33-15-21-42-18-3-6-24-46(42)55/h1-39H. The summed E-state index contributed by atoms with van der Waals surface area (Å²) in [6.07, 6.45) is 0. The van der Waals surface area contributed by atoms with Crippen LogP contribution in [-0.4, -0.2) is 23.7 Å². The molecule has 0 saturated heterocycles. The minimum atomic E-state index is 0.629. The van der Waals surface area contributed by atoms with Crippen LogP contribution in [0, 0.1) is 0 Å². The van der Waals surface area contributed by atoms with Crippen LogP contribution >= 0.6 is 0 Å². The summed E-state index contributed by atoms with van der Waals surface area (Å²) in [5.74, 6) is 0.629. The van der Waals surface area contributed by atoms with Gasteiger partial charge < -0.3 is 9.13 Å². The second-order valence-corrected chi connectivity index (χ2v) is 18.1. The zero-order valence-corrected chi connectivity index (χ0v) is 37.3. The fourth-order valence-corrected chi connectivity index (χ4v) is 11.5. The Morgan fingerprint density at radius 3 is 1.29 bits per heavy atom. The summed E-state index contributed by atoms with van der Waals surface area (Å²) in [5, 5.41) is 14.4. The molecule has 0 fully saturated rings. The van der Waals surface area contributed by atoms with Gasteiger partial charge in [-0.1, -0.05) is 176 Å². The van der Waals surface area contributed by atoms with Crippen molar-refractivity contribution in [2.45, 2.75) is 0 Å². The molecule has 15 rings (SSSR count). The number of para-hydroxylation sites is 3. The minimum Gasteiger partial charge on any atom is -0.309 e. The highest BCUT2D eigenvalue weighted by Crippen LogP contribution is 2.44. The van der Waals surface area contributed by atoms with Gasteiger partial charge in [-0.05, 0) is 87.6 Å². The summed E-state index contributed by atoms with van der Waals surface area (Å²) < 4.78 is 7.17. The van der Waals surface area contributed by atoms with Crippen molar-refractivity contribution in [1.29, 1.82) is 0 Å². The van der Waals surface area contributed by atoms with Crippen molar-refractivity contribution in [2.75, 3.05) is 0 Å². The lowest BCUT2D eigenvalue weighted by Gasteiger charge is -2.14. The van der Waals surface area contributed by atoms with Crippen LogP contribution in [-0.2, 0) is 0 Å². The molecule has 15 aromatic rings. The van der Waals surface area contributed by atoms with Crippen molar-refractivity contribution in [3.63, 3.8) is 0 Å². The topological polar surface area (TPSA) is 40.6 Å². The molecule has 0 aliphatic heterocycles. The van der Waals surface area contributed by atoms with Crippen molar-refractivity contribution in [1.82, 2.24) is 23.7 Å². The first-order chi connectivity index (χ1) is 34.2. The third-order valence-electron chi connectivity index (χ3n) is 14.4. The predicted molar refractivity (Wildman–Crippen MR) is 288 cm³/mol. The molecule has 0 radical (unpaired) electrons.